The lowest BCUT2D eigenvalue weighted by molar-refractivity contribution is 1.49. The summed E-state index contributed by atoms with van der Waals surface area (Å²) in [5, 5.41) is 2.99. The van der Waals surface area contributed by atoms with Gasteiger partial charge in [-0.15, -0.1) is 0 Å². The maximum atomic E-state index is 3.55. The Morgan fingerprint density at radius 2 is 2.00 bits per heavy atom. The monoisotopic (exact) mass is 157 g/mol. The van der Waals surface area contributed by atoms with Gasteiger partial charge in [-0.1, -0.05) is 43.0 Å². The Morgan fingerprint density at radius 3 is 2.67 bits per heavy atom. The van der Waals surface area contributed by atoms with Gasteiger partial charge in [0.1, 0.15) is 6.54 Å². The second-order valence-electron chi connectivity index (χ2n) is 2.23. The van der Waals surface area contributed by atoms with Crippen molar-refractivity contribution in [1.29, 1.82) is 0 Å². The lowest BCUT2D eigenvalue weighted by Crippen LogP contribution is -1.90. The number of allylic oxidation sites excluding steroid dienone is 2. The van der Waals surface area contributed by atoms with Crippen molar-refractivity contribution in [3.63, 3.8) is 0 Å². The second kappa shape index (κ2) is 5.19. The van der Waals surface area contributed by atoms with Gasteiger partial charge in [0.15, 0.2) is 0 Å². The van der Waals surface area contributed by atoms with Gasteiger partial charge in [-0.05, 0) is 12.1 Å². The Kier molecular flexibility index (Phi) is 3.72. The molecular formula is C11H11N. The molecule has 0 aliphatic carbocycles. The van der Waals surface area contributed by atoms with Crippen molar-refractivity contribution >= 4 is 5.69 Å². The van der Waals surface area contributed by atoms with Gasteiger partial charge in [-0.2, -0.15) is 0 Å². The van der Waals surface area contributed by atoms with Gasteiger partial charge < -0.3 is 5.32 Å². The second-order valence-corrected chi connectivity index (χ2v) is 2.23. The fraction of sp³-hybridized carbons (Fsp3) is 0. The van der Waals surface area contributed by atoms with Gasteiger partial charge >= 0.3 is 0 Å². The summed E-state index contributed by atoms with van der Waals surface area (Å²) in [6.45, 7) is 6.45. The summed E-state index contributed by atoms with van der Waals surface area (Å²) >= 11 is 0. The molecule has 2 radical (unpaired) electrons. The molecule has 0 saturated carbocycles. The minimum atomic E-state index is 1.03. The largest absolute Gasteiger partial charge is 0.371 e. The van der Waals surface area contributed by atoms with E-state index < -0.39 is 0 Å². The molecule has 0 aliphatic rings. The third kappa shape index (κ3) is 3.06. The number of rotatable bonds is 4. The fourth-order valence-corrected chi connectivity index (χ4v) is 0.763. The van der Waals surface area contributed by atoms with E-state index in [9.17, 15) is 0 Å². The van der Waals surface area contributed by atoms with Crippen molar-refractivity contribution in [2.24, 2.45) is 0 Å². The van der Waals surface area contributed by atoms with Crippen LogP contribution in [0, 0.1) is 6.54 Å². The first-order valence-corrected chi connectivity index (χ1v) is 3.77. The van der Waals surface area contributed by atoms with Crippen LogP contribution in [0.4, 0.5) is 5.69 Å². The average molecular weight is 157 g/mol. The van der Waals surface area contributed by atoms with Crippen LogP contribution in [0.1, 0.15) is 0 Å². The van der Waals surface area contributed by atoms with E-state index in [1.807, 2.05) is 36.4 Å². The normalized spacial score (nSPS) is 10.0. The highest BCUT2D eigenvalue weighted by Crippen LogP contribution is 2.05. The van der Waals surface area contributed by atoms with E-state index in [1.54, 1.807) is 12.2 Å². The molecule has 1 nitrogen and oxygen atoms in total. The molecule has 1 heteroatoms. The zero-order valence-corrected chi connectivity index (χ0v) is 6.83. The summed E-state index contributed by atoms with van der Waals surface area (Å²) in [5.41, 5.74) is 1.03. The molecule has 0 bridgehead atoms. The van der Waals surface area contributed by atoms with Crippen LogP contribution in [0.5, 0.6) is 0 Å². The summed E-state index contributed by atoms with van der Waals surface area (Å²) < 4.78 is 0. The Balaban J connectivity index is 2.33. The summed E-state index contributed by atoms with van der Waals surface area (Å²) in [5.74, 6) is 0. The zero-order valence-electron chi connectivity index (χ0n) is 6.83. The summed E-state index contributed by atoms with van der Waals surface area (Å²) in [6.07, 6.45) is 5.30. The number of nitrogens with one attached hydrogen (secondary N) is 1. The molecule has 0 aliphatic heterocycles. The van der Waals surface area contributed by atoms with Crippen LogP contribution in [-0.2, 0) is 0 Å². The van der Waals surface area contributed by atoms with Crippen molar-refractivity contribution in [1.82, 2.24) is 0 Å². The molecule has 60 valence electrons. The third-order valence-corrected chi connectivity index (χ3v) is 1.31. The van der Waals surface area contributed by atoms with Crippen LogP contribution in [0.15, 0.2) is 55.1 Å². The summed E-state index contributed by atoms with van der Waals surface area (Å²) in [7, 11) is 0. The zero-order chi connectivity index (χ0) is 8.65. The van der Waals surface area contributed by atoms with E-state index in [0.29, 0.717) is 0 Å². The molecule has 0 unspecified atom stereocenters. The molecule has 0 aromatic heterocycles. The number of hydrogen-bond donors (Lipinski definition) is 1. The van der Waals surface area contributed by atoms with Crippen LogP contribution >= 0.6 is 0 Å². The molecule has 1 aromatic carbocycles. The number of hydrogen-bond acceptors (Lipinski definition) is 1. The van der Waals surface area contributed by atoms with Gasteiger partial charge in [-0.3, -0.25) is 0 Å². The standard InChI is InChI=1S/C11H11N/c1-2-3-7-10-12-11-8-5-4-6-9-11/h2-9,12H,1H2/b7-3+. The molecule has 0 heterocycles. The highest BCUT2D eigenvalue weighted by molar-refractivity contribution is 5.45. The van der Waals surface area contributed by atoms with E-state index in [2.05, 4.69) is 18.4 Å². The van der Waals surface area contributed by atoms with Crippen LogP contribution < -0.4 is 5.32 Å². The molecule has 0 fully saturated rings. The Bertz CT molecular complexity index is 249. The minimum Gasteiger partial charge on any atom is -0.371 e. The van der Waals surface area contributed by atoms with Crippen molar-refractivity contribution in [2.45, 2.75) is 0 Å². The van der Waals surface area contributed by atoms with E-state index in [1.165, 1.54) is 0 Å². The van der Waals surface area contributed by atoms with E-state index in [0.717, 1.165) is 5.69 Å². The fourth-order valence-electron chi connectivity index (χ4n) is 0.763. The van der Waals surface area contributed by atoms with Crippen LogP contribution in [0.3, 0.4) is 0 Å². The lowest BCUT2D eigenvalue weighted by Gasteiger charge is -1.99. The lowest BCUT2D eigenvalue weighted by atomic mass is 10.3. The molecule has 0 amide bonds. The summed E-state index contributed by atoms with van der Waals surface area (Å²) in [4.78, 5) is 0. The molecule has 1 aromatic rings. The van der Waals surface area contributed by atoms with E-state index >= 15 is 0 Å². The van der Waals surface area contributed by atoms with Crippen molar-refractivity contribution < 1.29 is 0 Å². The smallest absolute Gasteiger partial charge is 0.115 e. The molecule has 12 heavy (non-hydrogen) atoms. The van der Waals surface area contributed by atoms with Crippen LogP contribution in [0.2, 0.25) is 0 Å². The molecule has 1 rings (SSSR count). The third-order valence-electron chi connectivity index (χ3n) is 1.31. The first-order valence-electron chi connectivity index (χ1n) is 3.77. The predicted molar refractivity (Wildman–Crippen MR) is 52.6 cm³/mol. The average Bonchev–Trinajstić information content (AvgIpc) is 2.14. The molecule has 1 N–H and O–H groups in total. The number of benzene rings is 1. The van der Waals surface area contributed by atoms with Crippen molar-refractivity contribution in [3.8, 4) is 0 Å². The highest BCUT2D eigenvalue weighted by Gasteiger charge is 1.84. The van der Waals surface area contributed by atoms with Gasteiger partial charge in [0.2, 0.25) is 0 Å². The Hall–Kier alpha value is -1.50. The first-order chi connectivity index (χ1) is 5.93. The van der Waals surface area contributed by atoms with Crippen LogP contribution in [-0.4, -0.2) is 0 Å². The van der Waals surface area contributed by atoms with Gasteiger partial charge in [0.25, 0.3) is 0 Å². The quantitative estimate of drug-likeness (QED) is 0.523. The predicted octanol–water partition coefficient (Wildman–Crippen LogP) is 2.88. The van der Waals surface area contributed by atoms with Gasteiger partial charge in [0.05, 0.1) is 0 Å². The van der Waals surface area contributed by atoms with Crippen molar-refractivity contribution in [3.05, 3.63) is 61.7 Å². The Morgan fingerprint density at radius 1 is 1.25 bits per heavy atom. The maximum Gasteiger partial charge on any atom is 0.115 e. The van der Waals surface area contributed by atoms with Gasteiger partial charge in [0, 0.05) is 5.69 Å². The molecular weight excluding hydrogens is 146 g/mol. The SMILES string of the molecule is C=C/C=C/[C]Nc1ccccc1. The summed E-state index contributed by atoms with van der Waals surface area (Å²) in [6, 6.07) is 9.89. The van der Waals surface area contributed by atoms with Crippen LogP contribution in [0.25, 0.3) is 0 Å². The topological polar surface area (TPSA) is 12.0 Å². The highest BCUT2D eigenvalue weighted by atomic mass is 14.8. The molecule has 0 atom stereocenters. The number of para-hydroxylation sites is 1. The van der Waals surface area contributed by atoms with Gasteiger partial charge in [-0.25, -0.2) is 0 Å². The molecule has 0 saturated heterocycles. The minimum absolute atomic E-state index is 1.03. The van der Waals surface area contributed by atoms with E-state index in [4.69, 9.17) is 0 Å². The Labute approximate surface area is 73.4 Å². The first kappa shape index (κ1) is 8.60. The van der Waals surface area contributed by atoms with E-state index in [-0.39, 0.29) is 0 Å². The number of anilines is 1. The van der Waals surface area contributed by atoms with Crippen molar-refractivity contribution in [2.75, 3.05) is 5.32 Å². The molecule has 0 spiro atoms. The maximum absolute atomic E-state index is 3.55.